The van der Waals surface area contributed by atoms with Gasteiger partial charge in [-0.05, 0) is 42.0 Å². The lowest BCUT2D eigenvalue weighted by Gasteiger charge is -2.12. The molecule has 29 heavy (non-hydrogen) atoms. The molecule has 0 aliphatic heterocycles. The molecule has 5 heteroatoms. The van der Waals surface area contributed by atoms with Gasteiger partial charge in [-0.3, -0.25) is 4.79 Å². The van der Waals surface area contributed by atoms with Crippen LogP contribution in [0.1, 0.15) is 15.9 Å². The second-order valence-electron chi connectivity index (χ2n) is 6.58. The Morgan fingerprint density at radius 3 is 2.52 bits per heavy atom. The smallest absolute Gasteiger partial charge is 0.252 e. The Morgan fingerprint density at radius 2 is 1.72 bits per heavy atom. The lowest BCUT2D eigenvalue weighted by molar-refractivity contribution is 0.0952. The third-order valence-corrected chi connectivity index (χ3v) is 4.71. The largest absolute Gasteiger partial charge is 0.496 e. The average molecular weight is 386 g/mol. The Morgan fingerprint density at radius 1 is 1.00 bits per heavy atom. The molecule has 0 atom stereocenters. The zero-order valence-electron chi connectivity index (χ0n) is 15.9. The normalized spacial score (nSPS) is 10.7. The van der Waals surface area contributed by atoms with Gasteiger partial charge in [0, 0.05) is 17.5 Å². The van der Waals surface area contributed by atoms with Gasteiger partial charge >= 0.3 is 0 Å². The van der Waals surface area contributed by atoms with Crippen molar-refractivity contribution in [1.29, 1.82) is 0 Å². The molecule has 3 aromatic carbocycles. The van der Waals surface area contributed by atoms with E-state index in [1.54, 1.807) is 25.3 Å². The van der Waals surface area contributed by atoms with Gasteiger partial charge in [-0.1, -0.05) is 42.5 Å². The molecule has 0 aliphatic carbocycles. The number of carbonyl (C=O) groups excluding carboxylic acids is 1. The van der Waals surface area contributed by atoms with Gasteiger partial charge in [-0.2, -0.15) is 0 Å². The van der Waals surface area contributed by atoms with Gasteiger partial charge in [-0.25, -0.2) is 9.37 Å². The number of methoxy groups -OCH3 is 1. The number of pyridine rings is 1. The number of nitrogens with one attached hydrogen (secondary N) is 1. The van der Waals surface area contributed by atoms with Crippen molar-refractivity contribution in [3.8, 4) is 17.0 Å². The number of halogens is 1. The van der Waals surface area contributed by atoms with Crippen LogP contribution in [0.15, 0.2) is 78.9 Å². The quantitative estimate of drug-likeness (QED) is 0.526. The topological polar surface area (TPSA) is 51.2 Å². The first kappa shape index (κ1) is 18.6. The van der Waals surface area contributed by atoms with Crippen molar-refractivity contribution in [1.82, 2.24) is 10.3 Å². The van der Waals surface area contributed by atoms with Crippen molar-refractivity contribution in [2.24, 2.45) is 0 Å². The molecule has 0 radical (unpaired) electrons. The number of hydrogen-bond acceptors (Lipinski definition) is 3. The Labute approximate surface area is 168 Å². The summed E-state index contributed by atoms with van der Waals surface area (Å²) >= 11 is 0. The van der Waals surface area contributed by atoms with E-state index in [1.165, 1.54) is 12.1 Å². The van der Waals surface area contributed by atoms with Crippen LogP contribution in [0, 0.1) is 5.82 Å². The highest BCUT2D eigenvalue weighted by molar-refractivity contribution is 6.07. The van der Waals surface area contributed by atoms with Crippen LogP contribution in [-0.4, -0.2) is 18.0 Å². The second kappa shape index (κ2) is 8.10. The third kappa shape index (κ3) is 3.94. The van der Waals surface area contributed by atoms with Crippen LogP contribution in [-0.2, 0) is 6.54 Å². The van der Waals surface area contributed by atoms with E-state index in [4.69, 9.17) is 9.72 Å². The molecule has 0 aliphatic rings. The molecule has 0 fully saturated rings. The molecule has 1 heterocycles. The average Bonchev–Trinajstić information content (AvgIpc) is 2.77. The summed E-state index contributed by atoms with van der Waals surface area (Å²) in [5.74, 6) is 0.165. The maximum absolute atomic E-state index is 13.1. The lowest BCUT2D eigenvalue weighted by atomic mass is 10.0. The number of para-hydroxylation sites is 2. The molecule has 0 spiro atoms. The Balaban J connectivity index is 1.72. The number of ether oxygens (including phenoxy) is 1. The van der Waals surface area contributed by atoms with Gasteiger partial charge in [-0.15, -0.1) is 0 Å². The van der Waals surface area contributed by atoms with Crippen LogP contribution in [0.5, 0.6) is 5.75 Å². The third-order valence-electron chi connectivity index (χ3n) is 4.71. The first-order valence-corrected chi connectivity index (χ1v) is 9.21. The predicted octanol–water partition coefficient (Wildman–Crippen LogP) is 4.98. The number of rotatable bonds is 5. The van der Waals surface area contributed by atoms with E-state index >= 15 is 0 Å². The summed E-state index contributed by atoms with van der Waals surface area (Å²) in [4.78, 5) is 17.7. The Hall–Kier alpha value is -3.73. The Bertz CT molecular complexity index is 1170. The molecule has 0 saturated carbocycles. The van der Waals surface area contributed by atoms with Gasteiger partial charge in [0.15, 0.2) is 0 Å². The van der Waals surface area contributed by atoms with Gasteiger partial charge in [0.05, 0.1) is 23.9 Å². The zero-order chi connectivity index (χ0) is 20.2. The minimum Gasteiger partial charge on any atom is -0.496 e. The van der Waals surface area contributed by atoms with E-state index in [2.05, 4.69) is 5.32 Å². The molecule has 0 unspecified atom stereocenters. The summed E-state index contributed by atoms with van der Waals surface area (Å²) in [6.45, 7) is 0.305. The van der Waals surface area contributed by atoms with Crippen molar-refractivity contribution in [2.45, 2.75) is 6.54 Å². The molecule has 4 aromatic rings. The standard InChI is InChI=1S/C24H19FN2O2/c1-29-23-9-5-3-7-19(23)22-14-20(18-6-2-4-8-21(18)27-22)24(28)26-15-16-10-12-17(25)13-11-16/h2-14H,15H2,1H3,(H,26,28). The van der Waals surface area contributed by atoms with Crippen molar-refractivity contribution < 1.29 is 13.9 Å². The molecular formula is C24H19FN2O2. The highest BCUT2D eigenvalue weighted by Gasteiger charge is 2.15. The minimum atomic E-state index is -0.304. The molecule has 1 amide bonds. The molecule has 1 N–H and O–H groups in total. The number of aromatic nitrogens is 1. The SMILES string of the molecule is COc1ccccc1-c1cc(C(=O)NCc2ccc(F)cc2)c2ccccc2n1. The lowest BCUT2D eigenvalue weighted by Crippen LogP contribution is -2.23. The fourth-order valence-electron chi connectivity index (χ4n) is 3.24. The number of amides is 1. The number of benzene rings is 3. The van der Waals surface area contributed by atoms with Crippen molar-refractivity contribution >= 4 is 16.8 Å². The van der Waals surface area contributed by atoms with Crippen LogP contribution in [0.2, 0.25) is 0 Å². The van der Waals surface area contributed by atoms with Gasteiger partial charge < -0.3 is 10.1 Å². The maximum Gasteiger partial charge on any atom is 0.252 e. The first-order chi connectivity index (χ1) is 14.2. The minimum absolute atomic E-state index is 0.218. The van der Waals surface area contributed by atoms with E-state index in [0.29, 0.717) is 23.6 Å². The van der Waals surface area contributed by atoms with Crippen molar-refractivity contribution in [3.63, 3.8) is 0 Å². The van der Waals surface area contributed by atoms with E-state index in [1.807, 2.05) is 48.5 Å². The van der Waals surface area contributed by atoms with Gasteiger partial charge in [0.1, 0.15) is 11.6 Å². The molecule has 144 valence electrons. The van der Waals surface area contributed by atoms with Gasteiger partial charge in [0.2, 0.25) is 0 Å². The fraction of sp³-hybridized carbons (Fsp3) is 0.0833. The first-order valence-electron chi connectivity index (χ1n) is 9.21. The second-order valence-corrected chi connectivity index (χ2v) is 6.58. The Kier molecular flexibility index (Phi) is 5.20. The van der Waals surface area contributed by atoms with Crippen LogP contribution in [0.25, 0.3) is 22.2 Å². The van der Waals surface area contributed by atoms with Crippen LogP contribution >= 0.6 is 0 Å². The van der Waals surface area contributed by atoms with Crippen LogP contribution in [0.4, 0.5) is 4.39 Å². The van der Waals surface area contributed by atoms with E-state index < -0.39 is 0 Å². The summed E-state index contributed by atoms with van der Waals surface area (Å²) < 4.78 is 18.5. The van der Waals surface area contributed by atoms with E-state index in [-0.39, 0.29) is 11.7 Å². The van der Waals surface area contributed by atoms with Gasteiger partial charge in [0.25, 0.3) is 5.91 Å². The highest BCUT2D eigenvalue weighted by atomic mass is 19.1. The van der Waals surface area contributed by atoms with E-state index in [9.17, 15) is 9.18 Å². The van der Waals surface area contributed by atoms with Crippen LogP contribution in [0.3, 0.4) is 0 Å². The predicted molar refractivity (Wildman–Crippen MR) is 111 cm³/mol. The number of carbonyl (C=O) groups is 1. The molecular weight excluding hydrogens is 367 g/mol. The highest BCUT2D eigenvalue weighted by Crippen LogP contribution is 2.31. The molecule has 4 rings (SSSR count). The monoisotopic (exact) mass is 386 g/mol. The van der Waals surface area contributed by atoms with Crippen molar-refractivity contribution in [2.75, 3.05) is 7.11 Å². The maximum atomic E-state index is 13.1. The van der Waals surface area contributed by atoms with Crippen molar-refractivity contribution in [3.05, 3.63) is 95.8 Å². The molecule has 0 saturated heterocycles. The molecule has 0 bridgehead atoms. The summed E-state index contributed by atoms with van der Waals surface area (Å²) in [5, 5.41) is 3.68. The summed E-state index contributed by atoms with van der Waals surface area (Å²) in [7, 11) is 1.61. The van der Waals surface area contributed by atoms with E-state index in [0.717, 1.165) is 22.0 Å². The number of hydrogen-bond donors (Lipinski definition) is 1. The summed E-state index contributed by atoms with van der Waals surface area (Å²) in [5.41, 5.74) is 3.55. The molecule has 4 nitrogen and oxygen atoms in total. The number of fused-ring (bicyclic) bond motifs is 1. The fourth-order valence-corrected chi connectivity index (χ4v) is 3.24. The number of nitrogens with zero attached hydrogens (tertiary/aromatic N) is 1. The summed E-state index contributed by atoms with van der Waals surface area (Å²) in [6, 6.07) is 22.9. The zero-order valence-corrected chi connectivity index (χ0v) is 15.9. The van der Waals surface area contributed by atoms with Crippen LogP contribution < -0.4 is 10.1 Å². The molecule has 1 aromatic heterocycles. The summed E-state index contributed by atoms with van der Waals surface area (Å²) in [6.07, 6.45) is 0.